The molecule has 0 bridgehead atoms. The van der Waals surface area contributed by atoms with Gasteiger partial charge in [-0.3, -0.25) is 24.4 Å². The van der Waals surface area contributed by atoms with Crippen molar-refractivity contribution in [3.63, 3.8) is 0 Å². The molecule has 4 rings (SSSR count). The van der Waals surface area contributed by atoms with E-state index in [4.69, 9.17) is 4.74 Å². The molecule has 0 spiro atoms. The number of halogens is 7. The van der Waals surface area contributed by atoms with Gasteiger partial charge >= 0.3 is 16.3 Å². The fourth-order valence-corrected chi connectivity index (χ4v) is 7.00. The first-order valence-corrected chi connectivity index (χ1v) is 17.4. The van der Waals surface area contributed by atoms with Gasteiger partial charge in [-0.25, -0.2) is 13.6 Å². The Balaban J connectivity index is 1.90. The second-order valence-electron chi connectivity index (χ2n) is 13.8. The van der Waals surface area contributed by atoms with Gasteiger partial charge in [0.05, 0.1) is 0 Å². The molecule has 48 heavy (non-hydrogen) atoms. The first kappa shape index (κ1) is 37.3. The zero-order chi connectivity index (χ0) is 36.2. The van der Waals surface area contributed by atoms with Gasteiger partial charge in [0.25, 0.3) is 11.8 Å². The summed E-state index contributed by atoms with van der Waals surface area (Å²) in [5.74, 6) is -5.18. The Morgan fingerprint density at radius 3 is 2.15 bits per heavy atom. The number of rotatable bonds is 9. The quantitative estimate of drug-likeness (QED) is 0.159. The minimum absolute atomic E-state index is 0.0120. The van der Waals surface area contributed by atoms with E-state index in [0.717, 1.165) is 4.90 Å². The maximum absolute atomic E-state index is 14.8. The summed E-state index contributed by atoms with van der Waals surface area (Å²) in [6.45, 7) is 9.96. The molecule has 268 valence electrons. The van der Waals surface area contributed by atoms with Gasteiger partial charge in [-0.05, 0) is 83.1 Å². The van der Waals surface area contributed by atoms with Gasteiger partial charge in [-0.15, -0.1) is 0 Å². The molecule has 0 radical (unpaired) electrons. The largest absolute Gasteiger partial charge is 0.444 e. The van der Waals surface area contributed by atoms with Gasteiger partial charge in [0.2, 0.25) is 5.92 Å². The highest BCUT2D eigenvalue weighted by atomic mass is 32.5. The van der Waals surface area contributed by atoms with Crippen molar-refractivity contribution in [3.05, 3.63) is 48.6 Å². The molecule has 3 fully saturated rings. The maximum Gasteiger partial charge on any atom is 0.410 e. The third-order valence-corrected chi connectivity index (χ3v) is 10.0. The van der Waals surface area contributed by atoms with E-state index in [1.54, 1.807) is 20.8 Å². The molecule has 2 aliphatic carbocycles. The van der Waals surface area contributed by atoms with E-state index >= 15 is 0 Å². The van der Waals surface area contributed by atoms with Crippen LogP contribution in [0.2, 0.25) is 0 Å². The Labute approximate surface area is 275 Å². The van der Waals surface area contributed by atoms with E-state index < -0.39 is 75.0 Å². The molecule has 1 aliphatic heterocycles. The lowest BCUT2D eigenvalue weighted by Gasteiger charge is -2.45. The van der Waals surface area contributed by atoms with Crippen LogP contribution in [0.1, 0.15) is 59.8 Å². The molecular weight excluding hydrogens is 669 g/mol. The SMILES string of the molecule is C=C/C=C(\C=NC)C(C)(C(=O)NC1CCC(F)(F)CC1)N(C(=O)C1C2CC2CN1C(=O)OC(C)(C)C)c1ccc(S(F)(F)(F)(F)F)cc1. The summed E-state index contributed by atoms with van der Waals surface area (Å²) in [5, 5.41) is 2.72. The fourth-order valence-electron chi connectivity index (χ4n) is 6.35. The number of nitrogens with one attached hydrogen (secondary N) is 1. The molecule has 3 amide bonds. The number of hydrogen-bond acceptors (Lipinski definition) is 5. The van der Waals surface area contributed by atoms with Crippen LogP contribution in [0.5, 0.6) is 0 Å². The molecule has 1 N–H and O–H groups in total. The number of carbonyl (C=O) groups is 3. The van der Waals surface area contributed by atoms with Crippen molar-refractivity contribution >= 4 is 40.0 Å². The summed E-state index contributed by atoms with van der Waals surface area (Å²) in [6.07, 6.45) is 2.36. The van der Waals surface area contributed by atoms with E-state index in [2.05, 4.69) is 16.9 Å². The van der Waals surface area contributed by atoms with Gasteiger partial charge < -0.3 is 10.1 Å². The van der Waals surface area contributed by atoms with E-state index in [-0.39, 0.29) is 54.6 Å². The molecule has 3 aliphatic rings. The van der Waals surface area contributed by atoms with Crippen LogP contribution in [-0.4, -0.2) is 71.8 Å². The Morgan fingerprint density at radius 2 is 1.65 bits per heavy atom. The van der Waals surface area contributed by atoms with Crippen LogP contribution in [0, 0.1) is 11.8 Å². The predicted molar refractivity (Wildman–Crippen MR) is 170 cm³/mol. The molecule has 4 unspecified atom stereocenters. The summed E-state index contributed by atoms with van der Waals surface area (Å²) in [7, 11) is -8.77. The molecule has 1 heterocycles. The van der Waals surface area contributed by atoms with Gasteiger partial charge in [0, 0.05) is 50.0 Å². The minimum Gasteiger partial charge on any atom is -0.444 e. The molecule has 8 nitrogen and oxygen atoms in total. The number of allylic oxidation sites excluding steroid dienone is 2. The standard InChI is InChI=1S/C32H41F7N4O4S/c1-7-8-21(18-40-6)31(5,28(45)41-22-13-15-32(33,34)16-14-22)43(23-9-11-24(12-10-23)48(35,36,37,38)39)27(44)26-25-17-20(25)19-42(26)29(46)47-30(2,3)4/h7-12,18,20,22,25-26H,1,13-17,19H2,2-6H3,(H,41,45)/b21-8+,40-18?. The van der Waals surface area contributed by atoms with Gasteiger partial charge in [0.15, 0.2) is 5.54 Å². The number of amides is 3. The smallest absolute Gasteiger partial charge is 0.410 e. The van der Waals surface area contributed by atoms with E-state index in [0.29, 0.717) is 18.6 Å². The van der Waals surface area contributed by atoms with Crippen molar-refractivity contribution in [1.82, 2.24) is 10.2 Å². The zero-order valence-electron chi connectivity index (χ0n) is 27.3. The third-order valence-electron chi connectivity index (χ3n) is 8.86. The highest BCUT2D eigenvalue weighted by molar-refractivity contribution is 8.45. The van der Waals surface area contributed by atoms with Crippen LogP contribution < -0.4 is 10.2 Å². The molecule has 1 saturated heterocycles. The second-order valence-corrected chi connectivity index (χ2v) is 16.2. The normalized spacial score (nSPS) is 25.7. The average Bonchev–Trinajstić information content (AvgIpc) is 3.60. The van der Waals surface area contributed by atoms with Crippen molar-refractivity contribution in [2.45, 2.75) is 93.8 Å². The van der Waals surface area contributed by atoms with E-state index in [9.17, 15) is 42.6 Å². The summed E-state index contributed by atoms with van der Waals surface area (Å²) >= 11 is 0. The summed E-state index contributed by atoms with van der Waals surface area (Å²) in [6, 6.07) is -0.408. The molecule has 1 aromatic rings. The topological polar surface area (TPSA) is 91.3 Å². The number of likely N-dealkylation sites (tertiary alicyclic amines) is 1. The molecular formula is C32H41F7N4O4S. The number of carbonyl (C=O) groups excluding carboxylic acids is 3. The Morgan fingerprint density at radius 1 is 1.06 bits per heavy atom. The predicted octanol–water partition coefficient (Wildman–Crippen LogP) is 8.20. The number of ether oxygens (including phenoxy) is 1. The van der Waals surface area contributed by atoms with Crippen LogP contribution in [0.25, 0.3) is 0 Å². The van der Waals surface area contributed by atoms with Crippen molar-refractivity contribution < 1.29 is 47.3 Å². The van der Waals surface area contributed by atoms with Gasteiger partial charge in [-0.1, -0.05) is 38.2 Å². The number of benzene rings is 1. The number of aliphatic imine (C=N–C) groups is 1. The van der Waals surface area contributed by atoms with Crippen LogP contribution in [0.4, 0.5) is 38.7 Å². The molecule has 1 aromatic carbocycles. The monoisotopic (exact) mass is 710 g/mol. The Bertz CT molecular complexity index is 1520. The Hall–Kier alpha value is -3.56. The van der Waals surface area contributed by atoms with E-state index in [1.807, 2.05) is 0 Å². The van der Waals surface area contributed by atoms with Crippen molar-refractivity contribution in [2.24, 2.45) is 16.8 Å². The number of nitrogens with zero attached hydrogens (tertiary/aromatic N) is 3. The van der Waals surface area contributed by atoms with E-state index in [1.165, 1.54) is 37.2 Å². The number of fused-ring (bicyclic) bond motifs is 1. The number of alkyl halides is 2. The fraction of sp³-hybridized carbons (Fsp3) is 0.562. The maximum atomic E-state index is 14.8. The van der Waals surface area contributed by atoms with Crippen molar-refractivity contribution in [2.75, 3.05) is 18.5 Å². The van der Waals surface area contributed by atoms with Crippen LogP contribution in [0.3, 0.4) is 0 Å². The first-order chi connectivity index (χ1) is 21.8. The number of hydrogen-bond donors (Lipinski definition) is 1. The summed E-state index contributed by atoms with van der Waals surface area (Å²) in [4.78, 5) is 46.4. The Kier molecular flexibility index (Phi) is 9.16. The average molecular weight is 711 g/mol. The number of anilines is 1. The lowest BCUT2D eigenvalue weighted by molar-refractivity contribution is -0.131. The van der Waals surface area contributed by atoms with Crippen molar-refractivity contribution in [1.29, 1.82) is 0 Å². The number of piperidine rings is 1. The minimum atomic E-state index is -10.1. The van der Waals surface area contributed by atoms with Gasteiger partial charge in [-0.2, -0.15) is 0 Å². The second kappa shape index (κ2) is 11.8. The molecule has 2 saturated carbocycles. The molecule has 4 atom stereocenters. The highest BCUT2D eigenvalue weighted by Gasteiger charge is 2.65. The van der Waals surface area contributed by atoms with Gasteiger partial charge in [0.1, 0.15) is 16.5 Å². The lowest BCUT2D eigenvalue weighted by atomic mass is 9.85. The van der Waals surface area contributed by atoms with Crippen LogP contribution >= 0.6 is 10.2 Å². The molecule has 16 heteroatoms. The highest BCUT2D eigenvalue weighted by Crippen LogP contribution is 3.02. The van der Waals surface area contributed by atoms with Crippen molar-refractivity contribution in [3.8, 4) is 0 Å². The van der Waals surface area contributed by atoms with Crippen LogP contribution in [0.15, 0.2) is 58.5 Å². The summed E-state index contributed by atoms with van der Waals surface area (Å²) < 4.78 is 102. The lowest BCUT2D eigenvalue weighted by Crippen LogP contribution is -2.65. The van der Waals surface area contributed by atoms with Crippen LogP contribution in [-0.2, 0) is 14.3 Å². The molecule has 0 aromatic heterocycles. The zero-order valence-corrected chi connectivity index (χ0v) is 28.1. The first-order valence-electron chi connectivity index (χ1n) is 15.4. The third kappa shape index (κ3) is 8.00. The summed E-state index contributed by atoms with van der Waals surface area (Å²) in [5.41, 5.74) is -3.47.